The summed E-state index contributed by atoms with van der Waals surface area (Å²) in [6, 6.07) is 10.3. The Kier molecular flexibility index (Phi) is 6.90. The van der Waals surface area contributed by atoms with Crippen LogP contribution in [-0.2, 0) is 6.42 Å². The van der Waals surface area contributed by atoms with E-state index in [9.17, 15) is 0 Å². The highest BCUT2D eigenvalue weighted by Crippen LogP contribution is 2.14. The molecule has 0 amide bonds. The van der Waals surface area contributed by atoms with Crippen molar-refractivity contribution < 1.29 is 4.74 Å². The Hall–Kier alpha value is -1.53. The van der Waals surface area contributed by atoms with Crippen molar-refractivity contribution in [1.82, 2.24) is 5.32 Å². The molecule has 3 heteroatoms. The molecule has 0 bridgehead atoms. The predicted molar refractivity (Wildman–Crippen MR) is 73.6 cm³/mol. The first kappa shape index (κ1) is 14.5. The van der Waals surface area contributed by atoms with E-state index in [2.05, 4.69) is 37.4 Å². The van der Waals surface area contributed by atoms with Gasteiger partial charge in [0.2, 0.25) is 0 Å². The lowest BCUT2D eigenvalue weighted by Crippen LogP contribution is -2.29. The van der Waals surface area contributed by atoms with E-state index in [4.69, 9.17) is 10.00 Å². The van der Waals surface area contributed by atoms with Crippen molar-refractivity contribution in [3.05, 3.63) is 29.8 Å². The molecule has 0 aliphatic rings. The van der Waals surface area contributed by atoms with Crippen LogP contribution in [-0.4, -0.2) is 19.2 Å². The molecule has 1 unspecified atom stereocenters. The number of hydrogen-bond acceptors (Lipinski definition) is 3. The van der Waals surface area contributed by atoms with Crippen molar-refractivity contribution in [2.75, 3.05) is 13.2 Å². The SMILES string of the molecule is CCCNC(C#N)CCOc1cccc(CC)c1. The lowest BCUT2D eigenvalue weighted by atomic mass is 10.2. The molecule has 0 aromatic heterocycles. The van der Waals surface area contributed by atoms with Gasteiger partial charge in [-0.25, -0.2) is 0 Å². The van der Waals surface area contributed by atoms with Crippen LogP contribution in [0.25, 0.3) is 0 Å². The molecule has 1 aromatic carbocycles. The lowest BCUT2D eigenvalue weighted by Gasteiger charge is -2.12. The maximum Gasteiger partial charge on any atom is 0.119 e. The van der Waals surface area contributed by atoms with Gasteiger partial charge >= 0.3 is 0 Å². The average molecular weight is 246 g/mol. The topological polar surface area (TPSA) is 45.0 Å². The zero-order valence-corrected chi connectivity index (χ0v) is 11.3. The number of nitriles is 1. The average Bonchev–Trinajstić information content (AvgIpc) is 2.43. The van der Waals surface area contributed by atoms with Gasteiger partial charge in [0, 0.05) is 6.42 Å². The Morgan fingerprint density at radius 2 is 2.22 bits per heavy atom. The fraction of sp³-hybridized carbons (Fsp3) is 0.533. The molecule has 3 nitrogen and oxygen atoms in total. The molecule has 1 atom stereocenters. The van der Waals surface area contributed by atoms with Gasteiger partial charge in [-0.1, -0.05) is 26.0 Å². The summed E-state index contributed by atoms with van der Waals surface area (Å²) in [6.45, 7) is 5.67. The lowest BCUT2D eigenvalue weighted by molar-refractivity contribution is 0.297. The largest absolute Gasteiger partial charge is 0.493 e. The van der Waals surface area contributed by atoms with Crippen molar-refractivity contribution in [3.8, 4) is 11.8 Å². The summed E-state index contributed by atoms with van der Waals surface area (Å²) < 4.78 is 5.67. The molecule has 0 saturated heterocycles. The van der Waals surface area contributed by atoms with Crippen LogP contribution in [0, 0.1) is 11.3 Å². The highest BCUT2D eigenvalue weighted by Gasteiger charge is 2.05. The Morgan fingerprint density at radius 1 is 1.39 bits per heavy atom. The van der Waals surface area contributed by atoms with Crippen LogP contribution < -0.4 is 10.1 Å². The van der Waals surface area contributed by atoms with E-state index < -0.39 is 0 Å². The Balaban J connectivity index is 2.33. The number of nitrogens with one attached hydrogen (secondary N) is 1. The standard InChI is InChI=1S/C15H22N2O/c1-3-9-17-14(12-16)8-10-18-15-7-5-6-13(4-2)11-15/h5-7,11,14,17H,3-4,8-10H2,1-2H3. The minimum absolute atomic E-state index is 0.112. The van der Waals surface area contributed by atoms with Gasteiger partial charge < -0.3 is 10.1 Å². The molecule has 98 valence electrons. The van der Waals surface area contributed by atoms with Crippen molar-refractivity contribution in [3.63, 3.8) is 0 Å². The molecule has 0 saturated carbocycles. The molecular weight excluding hydrogens is 224 g/mol. The third kappa shape index (κ3) is 5.20. The molecular formula is C15H22N2O. The van der Waals surface area contributed by atoms with Crippen LogP contribution in [0.5, 0.6) is 5.75 Å². The van der Waals surface area contributed by atoms with Crippen molar-refractivity contribution in [2.24, 2.45) is 0 Å². The molecule has 0 aliphatic carbocycles. The number of benzene rings is 1. The quantitative estimate of drug-likeness (QED) is 0.767. The van der Waals surface area contributed by atoms with Gasteiger partial charge in [-0.2, -0.15) is 5.26 Å². The minimum atomic E-state index is -0.112. The monoisotopic (exact) mass is 246 g/mol. The fourth-order valence-corrected chi connectivity index (χ4v) is 1.68. The highest BCUT2D eigenvalue weighted by molar-refractivity contribution is 5.28. The smallest absolute Gasteiger partial charge is 0.119 e. The van der Waals surface area contributed by atoms with E-state index in [1.54, 1.807) is 0 Å². The van der Waals surface area contributed by atoms with Gasteiger partial charge in [0.25, 0.3) is 0 Å². The second-order valence-corrected chi connectivity index (χ2v) is 4.27. The summed E-state index contributed by atoms with van der Waals surface area (Å²) in [6.07, 6.45) is 2.76. The summed E-state index contributed by atoms with van der Waals surface area (Å²) in [7, 11) is 0. The van der Waals surface area contributed by atoms with E-state index in [0.717, 1.165) is 25.1 Å². The van der Waals surface area contributed by atoms with E-state index in [-0.39, 0.29) is 6.04 Å². The van der Waals surface area contributed by atoms with Gasteiger partial charge in [-0.3, -0.25) is 0 Å². The van der Waals surface area contributed by atoms with Crippen LogP contribution in [0.2, 0.25) is 0 Å². The number of hydrogen-bond donors (Lipinski definition) is 1. The Labute approximate surface area is 110 Å². The third-order valence-electron chi connectivity index (χ3n) is 2.78. The molecule has 18 heavy (non-hydrogen) atoms. The van der Waals surface area contributed by atoms with Gasteiger partial charge in [-0.15, -0.1) is 0 Å². The molecule has 1 N–H and O–H groups in total. The van der Waals surface area contributed by atoms with Crippen LogP contribution in [0.4, 0.5) is 0 Å². The second-order valence-electron chi connectivity index (χ2n) is 4.27. The molecule has 1 aromatic rings. The van der Waals surface area contributed by atoms with E-state index in [0.29, 0.717) is 13.0 Å². The van der Waals surface area contributed by atoms with E-state index in [1.807, 2.05) is 12.1 Å². The summed E-state index contributed by atoms with van der Waals surface area (Å²) in [4.78, 5) is 0. The van der Waals surface area contributed by atoms with Crippen molar-refractivity contribution >= 4 is 0 Å². The predicted octanol–water partition coefficient (Wildman–Crippen LogP) is 2.91. The summed E-state index contributed by atoms with van der Waals surface area (Å²) in [5.41, 5.74) is 1.27. The Bertz CT molecular complexity index is 384. The number of rotatable bonds is 8. The first-order valence-corrected chi connectivity index (χ1v) is 6.64. The molecule has 0 fully saturated rings. The summed E-state index contributed by atoms with van der Waals surface area (Å²) >= 11 is 0. The van der Waals surface area contributed by atoms with Gasteiger partial charge in [0.05, 0.1) is 18.7 Å². The summed E-state index contributed by atoms with van der Waals surface area (Å²) in [5, 5.41) is 12.2. The van der Waals surface area contributed by atoms with Crippen molar-refractivity contribution in [1.29, 1.82) is 5.26 Å². The zero-order chi connectivity index (χ0) is 13.2. The summed E-state index contributed by atoms with van der Waals surface area (Å²) in [5.74, 6) is 0.890. The maximum absolute atomic E-state index is 8.96. The van der Waals surface area contributed by atoms with Gasteiger partial charge in [0.15, 0.2) is 0 Å². The second kappa shape index (κ2) is 8.54. The van der Waals surface area contributed by atoms with Crippen molar-refractivity contribution in [2.45, 2.75) is 39.2 Å². The van der Waals surface area contributed by atoms with Gasteiger partial charge in [-0.05, 0) is 37.1 Å². The first-order chi connectivity index (χ1) is 8.80. The molecule has 1 rings (SSSR count). The van der Waals surface area contributed by atoms with E-state index >= 15 is 0 Å². The van der Waals surface area contributed by atoms with Crippen LogP contribution in [0.3, 0.4) is 0 Å². The zero-order valence-electron chi connectivity index (χ0n) is 11.3. The van der Waals surface area contributed by atoms with Crippen LogP contribution >= 0.6 is 0 Å². The molecule has 0 radical (unpaired) electrons. The van der Waals surface area contributed by atoms with Crippen LogP contribution in [0.15, 0.2) is 24.3 Å². The number of aryl methyl sites for hydroxylation is 1. The normalized spacial score (nSPS) is 11.8. The molecule has 0 aliphatic heterocycles. The Morgan fingerprint density at radius 3 is 2.89 bits per heavy atom. The van der Waals surface area contributed by atoms with E-state index in [1.165, 1.54) is 5.56 Å². The number of nitrogens with zero attached hydrogens (tertiary/aromatic N) is 1. The minimum Gasteiger partial charge on any atom is -0.493 e. The third-order valence-corrected chi connectivity index (χ3v) is 2.78. The number of ether oxygens (including phenoxy) is 1. The van der Waals surface area contributed by atoms with Gasteiger partial charge in [0.1, 0.15) is 5.75 Å². The molecule has 0 spiro atoms. The van der Waals surface area contributed by atoms with Crippen LogP contribution in [0.1, 0.15) is 32.3 Å². The highest BCUT2D eigenvalue weighted by atomic mass is 16.5. The first-order valence-electron chi connectivity index (χ1n) is 6.64. The maximum atomic E-state index is 8.96. The molecule has 0 heterocycles. The fourth-order valence-electron chi connectivity index (χ4n) is 1.68.